The van der Waals surface area contributed by atoms with Gasteiger partial charge in [0.25, 0.3) is 11.1 Å². The van der Waals surface area contributed by atoms with Crippen LogP contribution in [0.1, 0.15) is 33.3 Å². The van der Waals surface area contributed by atoms with Gasteiger partial charge in [0.2, 0.25) is 0 Å². The van der Waals surface area contributed by atoms with E-state index >= 15 is 0 Å². The summed E-state index contributed by atoms with van der Waals surface area (Å²) in [5.74, 6) is -0.0347. The van der Waals surface area contributed by atoms with Gasteiger partial charge in [-0.25, -0.2) is 0 Å². The number of nitrogens with zero attached hydrogens (tertiary/aromatic N) is 1. The average Bonchev–Trinajstić information content (AvgIpc) is 2.81. The number of benzene rings is 1. The smallest absolute Gasteiger partial charge is 0.326 e. The van der Waals surface area contributed by atoms with Gasteiger partial charge in [-0.15, -0.1) is 0 Å². The van der Waals surface area contributed by atoms with Crippen LogP contribution in [0.15, 0.2) is 23.1 Å². The second-order valence-corrected chi connectivity index (χ2v) is 7.69. The summed E-state index contributed by atoms with van der Waals surface area (Å²) in [4.78, 5) is 37.7. The van der Waals surface area contributed by atoms with Gasteiger partial charge in [0.05, 0.1) is 18.6 Å². The van der Waals surface area contributed by atoms with Gasteiger partial charge >= 0.3 is 5.97 Å². The van der Waals surface area contributed by atoms with Gasteiger partial charge < -0.3 is 14.2 Å². The van der Waals surface area contributed by atoms with Crippen molar-refractivity contribution in [1.29, 1.82) is 0 Å². The molecule has 2 amide bonds. The molecule has 1 aliphatic rings. The van der Waals surface area contributed by atoms with Crippen LogP contribution in [0.25, 0.3) is 6.08 Å². The van der Waals surface area contributed by atoms with Crippen LogP contribution in [-0.4, -0.2) is 47.9 Å². The number of thioether (sulfide) groups is 1. The van der Waals surface area contributed by atoms with E-state index in [4.69, 9.17) is 14.2 Å². The lowest BCUT2D eigenvalue weighted by Crippen LogP contribution is -2.37. The van der Waals surface area contributed by atoms with Crippen LogP contribution in [0.3, 0.4) is 0 Å². The van der Waals surface area contributed by atoms with Gasteiger partial charge in [-0.2, -0.15) is 0 Å². The van der Waals surface area contributed by atoms with Crippen molar-refractivity contribution in [2.75, 3.05) is 20.3 Å². The van der Waals surface area contributed by atoms with Gasteiger partial charge in [0, 0.05) is 0 Å². The number of imide groups is 1. The van der Waals surface area contributed by atoms with E-state index in [1.807, 2.05) is 6.92 Å². The lowest BCUT2D eigenvalue weighted by atomic mass is 10.2. The molecule has 0 spiro atoms. The summed E-state index contributed by atoms with van der Waals surface area (Å²) in [5.41, 5.74) is -0.00459. The van der Waals surface area contributed by atoms with Crippen molar-refractivity contribution in [3.8, 4) is 11.5 Å². The van der Waals surface area contributed by atoms with Crippen molar-refractivity contribution in [2.45, 2.75) is 33.3 Å². The zero-order valence-corrected chi connectivity index (χ0v) is 16.8. The molecule has 2 rings (SSSR count). The van der Waals surface area contributed by atoms with E-state index in [0.29, 0.717) is 23.7 Å². The van der Waals surface area contributed by atoms with Crippen LogP contribution in [0.5, 0.6) is 11.5 Å². The average molecular weight is 393 g/mol. The molecule has 0 atom stereocenters. The number of methoxy groups -OCH3 is 1. The van der Waals surface area contributed by atoms with E-state index in [-0.39, 0.29) is 4.91 Å². The SMILES string of the molecule is CCOc1cc(/C=C2/SC(=O)N(CC(=O)OC(C)(C)C)C2=O)ccc1OC. The van der Waals surface area contributed by atoms with Crippen molar-refractivity contribution >= 4 is 35.0 Å². The van der Waals surface area contributed by atoms with E-state index in [9.17, 15) is 14.4 Å². The molecule has 1 saturated heterocycles. The van der Waals surface area contributed by atoms with Crippen molar-refractivity contribution in [1.82, 2.24) is 4.90 Å². The highest BCUT2D eigenvalue weighted by atomic mass is 32.2. The first-order chi connectivity index (χ1) is 12.6. The van der Waals surface area contributed by atoms with Crippen molar-refractivity contribution in [3.63, 3.8) is 0 Å². The van der Waals surface area contributed by atoms with Gasteiger partial charge in [-0.05, 0) is 63.2 Å². The number of carbonyl (C=O) groups is 3. The Hall–Kier alpha value is -2.48. The minimum absolute atomic E-state index is 0.233. The predicted molar refractivity (Wildman–Crippen MR) is 103 cm³/mol. The predicted octanol–water partition coefficient (Wildman–Crippen LogP) is 3.47. The molecular formula is C19H23NO6S. The van der Waals surface area contributed by atoms with E-state index < -0.39 is 29.3 Å². The van der Waals surface area contributed by atoms with E-state index in [1.165, 1.54) is 0 Å². The second kappa shape index (κ2) is 8.47. The van der Waals surface area contributed by atoms with Crippen molar-refractivity contribution in [3.05, 3.63) is 28.7 Å². The number of hydrogen-bond donors (Lipinski definition) is 0. The Bertz CT molecular complexity index is 781. The summed E-state index contributed by atoms with van der Waals surface area (Å²) in [6.45, 7) is 7.07. The number of ether oxygens (including phenoxy) is 3. The fraction of sp³-hybridized carbons (Fsp3) is 0.421. The van der Waals surface area contributed by atoms with Crippen molar-refractivity contribution < 1.29 is 28.6 Å². The Morgan fingerprint density at radius 1 is 1.22 bits per heavy atom. The molecule has 0 N–H and O–H groups in total. The largest absolute Gasteiger partial charge is 0.493 e. The number of carbonyl (C=O) groups excluding carboxylic acids is 3. The maximum Gasteiger partial charge on any atom is 0.326 e. The Morgan fingerprint density at radius 2 is 1.93 bits per heavy atom. The topological polar surface area (TPSA) is 82.1 Å². The minimum atomic E-state index is -0.687. The third-order valence-electron chi connectivity index (χ3n) is 3.37. The highest BCUT2D eigenvalue weighted by Crippen LogP contribution is 2.34. The molecule has 1 heterocycles. The summed E-state index contributed by atoms with van der Waals surface area (Å²) < 4.78 is 15.9. The molecule has 0 aromatic heterocycles. The number of hydrogen-bond acceptors (Lipinski definition) is 7. The van der Waals surface area contributed by atoms with Gasteiger partial charge in [-0.3, -0.25) is 19.3 Å². The normalized spacial score (nSPS) is 16.0. The van der Waals surface area contributed by atoms with E-state index in [2.05, 4.69) is 0 Å². The van der Waals surface area contributed by atoms with Crippen molar-refractivity contribution in [2.24, 2.45) is 0 Å². The molecule has 1 fully saturated rings. The summed E-state index contributed by atoms with van der Waals surface area (Å²) in [6.07, 6.45) is 1.59. The van der Waals surface area contributed by atoms with Gasteiger partial charge in [0.1, 0.15) is 12.1 Å². The molecule has 27 heavy (non-hydrogen) atoms. The first kappa shape index (κ1) is 20.8. The fourth-order valence-electron chi connectivity index (χ4n) is 2.34. The van der Waals surface area contributed by atoms with Crippen LogP contribution in [-0.2, 0) is 14.3 Å². The fourth-order valence-corrected chi connectivity index (χ4v) is 3.18. The molecule has 146 valence electrons. The first-order valence-corrected chi connectivity index (χ1v) is 9.24. The Labute approximate surface area is 162 Å². The third kappa shape index (κ3) is 5.50. The van der Waals surface area contributed by atoms with Crippen LogP contribution in [0.4, 0.5) is 4.79 Å². The molecule has 0 bridgehead atoms. The number of rotatable bonds is 6. The highest BCUT2D eigenvalue weighted by Gasteiger charge is 2.37. The van der Waals surface area contributed by atoms with E-state index in [0.717, 1.165) is 16.7 Å². The second-order valence-electron chi connectivity index (χ2n) is 6.70. The van der Waals surface area contributed by atoms with Crippen LogP contribution in [0.2, 0.25) is 0 Å². The maximum atomic E-state index is 12.5. The first-order valence-electron chi connectivity index (χ1n) is 8.42. The standard InChI is InChI=1S/C19H23NO6S/c1-6-25-14-9-12(7-8-13(14)24-5)10-15-17(22)20(18(23)27-15)11-16(21)26-19(2,3)4/h7-10H,6,11H2,1-5H3/b15-10+. The maximum absolute atomic E-state index is 12.5. The highest BCUT2D eigenvalue weighted by molar-refractivity contribution is 8.18. The molecule has 0 aliphatic carbocycles. The molecule has 7 nitrogen and oxygen atoms in total. The number of esters is 1. The summed E-state index contributed by atoms with van der Waals surface area (Å²) in [6, 6.07) is 5.20. The molecule has 1 aromatic carbocycles. The summed E-state index contributed by atoms with van der Waals surface area (Å²) >= 11 is 0.784. The molecule has 8 heteroatoms. The lowest BCUT2D eigenvalue weighted by Gasteiger charge is -2.21. The monoisotopic (exact) mass is 393 g/mol. The van der Waals surface area contributed by atoms with E-state index in [1.54, 1.807) is 52.2 Å². The molecule has 1 aliphatic heterocycles. The number of amides is 2. The molecule has 0 radical (unpaired) electrons. The van der Waals surface area contributed by atoms with Gasteiger partial charge in [0.15, 0.2) is 11.5 Å². The Balaban J connectivity index is 2.18. The van der Waals surface area contributed by atoms with Crippen LogP contribution >= 0.6 is 11.8 Å². The zero-order chi connectivity index (χ0) is 20.2. The minimum Gasteiger partial charge on any atom is -0.493 e. The zero-order valence-electron chi connectivity index (χ0n) is 16.0. The molecular weight excluding hydrogens is 370 g/mol. The lowest BCUT2D eigenvalue weighted by molar-refractivity contribution is -0.156. The molecule has 0 unspecified atom stereocenters. The molecule has 0 saturated carbocycles. The van der Waals surface area contributed by atoms with Crippen LogP contribution < -0.4 is 9.47 Å². The summed E-state index contributed by atoms with van der Waals surface area (Å²) in [5, 5.41) is -0.504. The summed E-state index contributed by atoms with van der Waals surface area (Å²) in [7, 11) is 1.54. The van der Waals surface area contributed by atoms with Gasteiger partial charge in [-0.1, -0.05) is 6.07 Å². The third-order valence-corrected chi connectivity index (χ3v) is 4.27. The molecule has 1 aromatic rings. The quantitative estimate of drug-likeness (QED) is 0.540. The van der Waals surface area contributed by atoms with Crippen LogP contribution in [0, 0.1) is 0 Å². The Kier molecular flexibility index (Phi) is 6.54. The Morgan fingerprint density at radius 3 is 2.52 bits per heavy atom.